The van der Waals surface area contributed by atoms with Gasteiger partial charge in [-0.2, -0.15) is 0 Å². The van der Waals surface area contributed by atoms with Gasteiger partial charge in [0.15, 0.2) is 11.5 Å². The highest BCUT2D eigenvalue weighted by Gasteiger charge is 2.33. The average Bonchev–Trinajstić information content (AvgIpc) is 2.97. The monoisotopic (exact) mass is 597 g/mol. The number of hydrogen-bond acceptors (Lipinski definition) is 6. The number of sulfonamides is 1. The van der Waals surface area contributed by atoms with Crippen molar-refractivity contribution in [1.82, 2.24) is 10.2 Å². The Balaban J connectivity index is 1.71. The molecule has 2 amide bonds. The van der Waals surface area contributed by atoms with Gasteiger partial charge >= 0.3 is 0 Å². The number of halogens is 1. The molecule has 0 bridgehead atoms. The molecule has 1 atom stereocenters. The summed E-state index contributed by atoms with van der Waals surface area (Å²) in [7, 11) is -4.35. The lowest BCUT2D eigenvalue weighted by Gasteiger charge is -2.32. The first-order valence-electron chi connectivity index (χ1n) is 13.8. The zero-order valence-electron chi connectivity index (χ0n) is 24.2. The second kappa shape index (κ2) is 13.2. The second-order valence-electron chi connectivity index (χ2n) is 10.6. The number of carbonyl (C=O) groups excluding carboxylic acids is 2. The van der Waals surface area contributed by atoms with Crippen LogP contribution in [0, 0.1) is 18.7 Å². The lowest BCUT2D eigenvalue weighted by molar-refractivity contribution is -0.139. The van der Waals surface area contributed by atoms with E-state index in [9.17, 15) is 22.4 Å². The number of aryl methyl sites for hydroxylation is 1. The zero-order chi connectivity index (χ0) is 30.4. The summed E-state index contributed by atoms with van der Waals surface area (Å²) in [4.78, 5) is 28.3. The van der Waals surface area contributed by atoms with Crippen LogP contribution < -0.4 is 19.1 Å². The van der Waals surface area contributed by atoms with Gasteiger partial charge in [-0.15, -0.1) is 0 Å². The molecular weight excluding hydrogens is 561 g/mol. The van der Waals surface area contributed by atoms with Crippen molar-refractivity contribution in [2.75, 3.05) is 30.6 Å². The number of fused-ring (bicyclic) bond motifs is 1. The minimum absolute atomic E-state index is 0.0815. The van der Waals surface area contributed by atoms with E-state index in [0.29, 0.717) is 18.9 Å². The third-order valence-corrected chi connectivity index (χ3v) is 8.55. The topological polar surface area (TPSA) is 105 Å². The molecule has 0 saturated carbocycles. The van der Waals surface area contributed by atoms with Crippen molar-refractivity contribution in [1.29, 1.82) is 0 Å². The first-order valence-corrected chi connectivity index (χ1v) is 15.2. The number of rotatable bonds is 11. The van der Waals surface area contributed by atoms with Gasteiger partial charge in [0.25, 0.3) is 10.0 Å². The molecule has 3 aromatic carbocycles. The maximum absolute atomic E-state index is 14.0. The molecule has 11 heteroatoms. The van der Waals surface area contributed by atoms with Crippen molar-refractivity contribution in [2.45, 2.75) is 45.2 Å². The van der Waals surface area contributed by atoms with Crippen molar-refractivity contribution in [2.24, 2.45) is 5.92 Å². The maximum Gasteiger partial charge on any atom is 0.264 e. The average molecular weight is 598 g/mol. The van der Waals surface area contributed by atoms with Gasteiger partial charge in [0.05, 0.1) is 10.6 Å². The van der Waals surface area contributed by atoms with Gasteiger partial charge in [0.2, 0.25) is 11.8 Å². The predicted molar refractivity (Wildman–Crippen MR) is 157 cm³/mol. The van der Waals surface area contributed by atoms with Crippen LogP contribution in [0.5, 0.6) is 11.5 Å². The maximum atomic E-state index is 14.0. The highest BCUT2D eigenvalue weighted by molar-refractivity contribution is 7.92. The van der Waals surface area contributed by atoms with Crippen LogP contribution in [0.25, 0.3) is 0 Å². The molecule has 1 aliphatic heterocycles. The molecule has 0 saturated heterocycles. The van der Waals surface area contributed by atoms with Crippen molar-refractivity contribution < 1.29 is 31.9 Å². The smallest absolute Gasteiger partial charge is 0.264 e. The molecule has 4 rings (SSSR count). The van der Waals surface area contributed by atoms with Crippen LogP contribution in [0.4, 0.5) is 10.1 Å². The van der Waals surface area contributed by atoms with Gasteiger partial charge in [0, 0.05) is 19.2 Å². The number of hydrogen-bond donors (Lipinski definition) is 1. The Kier molecular flexibility index (Phi) is 9.72. The van der Waals surface area contributed by atoms with Crippen molar-refractivity contribution in [3.63, 3.8) is 0 Å². The summed E-state index contributed by atoms with van der Waals surface area (Å²) < 4.78 is 53.9. The third kappa shape index (κ3) is 7.39. The molecule has 224 valence electrons. The van der Waals surface area contributed by atoms with Crippen LogP contribution in [0.15, 0.2) is 71.6 Å². The van der Waals surface area contributed by atoms with E-state index in [1.807, 2.05) is 45.0 Å². The lowest BCUT2D eigenvalue weighted by atomic mass is 10.1. The van der Waals surface area contributed by atoms with Crippen LogP contribution >= 0.6 is 0 Å². The number of benzene rings is 3. The Labute approximate surface area is 246 Å². The minimum atomic E-state index is -4.35. The predicted octanol–water partition coefficient (Wildman–Crippen LogP) is 4.29. The quantitative estimate of drug-likeness (QED) is 0.354. The van der Waals surface area contributed by atoms with E-state index in [4.69, 9.17) is 9.47 Å². The molecule has 0 spiro atoms. The molecule has 1 heterocycles. The number of nitrogens with one attached hydrogen (secondary N) is 1. The number of anilines is 1. The summed E-state index contributed by atoms with van der Waals surface area (Å²) >= 11 is 0. The summed E-state index contributed by atoms with van der Waals surface area (Å²) in [6, 6.07) is 15.7. The highest BCUT2D eigenvalue weighted by atomic mass is 32.2. The van der Waals surface area contributed by atoms with Crippen LogP contribution in [-0.2, 0) is 26.2 Å². The lowest BCUT2D eigenvalue weighted by Crippen LogP contribution is -2.51. The number of ether oxygens (including phenoxy) is 2. The Morgan fingerprint density at radius 1 is 0.952 bits per heavy atom. The first-order chi connectivity index (χ1) is 20.0. The van der Waals surface area contributed by atoms with Crippen LogP contribution in [0.3, 0.4) is 0 Å². The van der Waals surface area contributed by atoms with E-state index in [-0.39, 0.29) is 41.3 Å². The van der Waals surface area contributed by atoms with Crippen molar-refractivity contribution in [3.8, 4) is 11.5 Å². The van der Waals surface area contributed by atoms with Gasteiger partial charge in [-0.05, 0) is 61.7 Å². The summed E-state index contributed by atoms with van der Waals surface area (Å²) in [5.74, 6) is -0.633. The third-order valence-electron chi connectivity index (χ3n) is 6.78. The molecular formula is C31H36FN3O6S. The van der Waals surface area contributed by atoms with Crippen molar-refractivity contribution in [3.05, 3.63) is 83.7 Å². The molecule has 0 radical (unpaired) electrons. The minimum Gasteiger partial charge on any atom is -0.486 e. The van der Waals surface area contributed by atoms with E-state index in [2.05, 4.69) is 5.32 Å². The number of amides is 2. The molecule has 9 nitrogen and oxygen atoms in total. The Morgan fingerprint density at radius 2 is 1.64 bits per heavy atom. The fraction of sp³-hybridized carbons (Fsp3) is 0.355. The van der Waals surface area contributed by atoms with Crippen molar-refractivity contribution >= 4 is 27.5 Å². The molecule has 0 unspecified atom stereocenters. The van der Waals surface area contributed by atoms with E-state index < -0.39 is 34.3 Å². The normalized spacial score (nSPS) is 13.4. The molecule has 42 heavy (non-hydrogen) atoms. The van der Waals surface area contributed by atoms with E-state index in [1.165, 1.54) is 35.2 Å². The molecule has 1 aliphatic rings. The van der Waals surface area contributed by atoms with E-state index >= 15 is 0 Å². The zero-order valence-corrected chi connectivity index (χ0v) is 25.0. The van der Waals surface area contributed by atoms with Crippen LogP contribution in [0.2, 0.25) is 0 Å². The molecule has 1 N–H and O–H groups in total. The summed E-state index contributed by atoms with van der Waals surface area (Å²) in [6.07, 6.45) is 0. The Hall–Kier alpha value is -4.12. The summed E-state index contributed by atoms with van der Waals surface area (Å²) in [5, 5.41) is 2.86. The molecule has 0 aromatic heterocycles. The summed E-state index contributed by atoms with van der Waals surface area (Å²) in [5.41, 5.74) is 1.85. The first kappa shape index (κ1) is 30.8. The second-order valence-corrected chi connectivity index (χ2v) is 12.5. The van der Waals surface area contributed by atoms with Crippen LogP contribution in [0.1, 0.15) is 31.9 Å². The van der Waals surface area contributed by atoms with E-state index in [1.54, 1.807) is 6.92 Å². The summed E-state index contributed by atoms with van der Waals surface area (Å²) in [6.45, 7) is 7.94. The van der Waals surface area contributed by atoms with Gasteiger partial charge in [-0.3, -0.25) is 13.9 Å². The Morgan fingerprint density at radius 3 is 2.31 bits per heavy atom. The van der Waals surface area contributed by atoms with Crippen LogP contribution in [-0.4, -0.2) is 57.5 Å². The van der Waals surface area contributed by atoms with E-state index in [0.717, 1.165) is 27.6 Å². The van der Waals surface area contributed by atoms with Gasteiger partial charge in [-0.1, -0.05) is 43.7 Å². The highest BCUT2D eigenvalue weighted by Crippen LogP contribution is 2.34. The fourth-order valence-corrected chi connectivity index (χ4v) is 5.92. The standard InChI is InChI=1S/C31H36FN3O6S/c1-21(2)18-33-31(37)23(4)34(19-24-7-5-6-22(3)16-24)30(36)20-35(26-10-8-25(32)9-11-26)42(38,39)27-12-13-28-29(17-27)41-15-14-40-28/h5-13,16-17,21,23H,14-15,18-20H2,1-4H3,(H,33,37)/t23-/m0/s1. The molecule has 0 fully saturated rings. The SMILES string of the molecule is Cc1cccc(CN(C(=O)CN(c2ccc(F)cc2)S(=O)(=O)c2ccc3c(c2)OCCO3)[C@@H](C)C(=O)NCC(C)C)c1. The fourth-order valence-electron chi connectivity index (χ4n) is 4.49. The largest absolute Gasteiger partial charge is 0.486 e. The van der Waals surface area contributed by atoms with Gasteiger partial charge in [0.1, 0.15) is 31.6 Å². The number of nitrogens with zero attached hydrogens (tertiary/aromatic N) is 2. The van der Waals surface area contributed by atoms with Gasteiger partial charge < -0.3 is 19.7 Å². The molecule has 3 aromatic rings. The molecule has 0 aliphatic carbocycles. The number of carbonyl (C=O) groups is 2. The van der Waals surface area contributed by atoms with Gasteiger partial charge in [-0.25, -0.2) is 12.8 Å². The Bertz CT molecular complexity index is 1530.